The average Bonchev–Trinajstić information content (AvgIpc) is 3.36. The molecule has 1 aliphatic carbocycles. The third-order valence-corrected chi connectivity index (χ3v) is 9.06. The van der Waals surface area contributed by atoms with Crippen LogP contribution in [0, 0.1) is 12.7 Å². The van der Waals surface area contributed by atoms with Crippen LogP contribution in [0.25, 0.3) is 20.7 Å². The van der Waals surface area contributed by atoms with Gasteiger partial charge in [0.15, 0.2) is 11.3 Å². The van der Waals surface area contributed by atoms with Crippen LogP contribution in [-0.2, 0) is 0 Å². The molecule has 1 atom stereocenters. The summed E-state index contributed by atoms with van der Waals surface area (Å²) in [5.74, 6) is 0.626. The summed E-state index contributed by atoms with van der Waals surface area (Å²) in [4.78, 5) is 23.4. The molecule has 6 nitrogen and oxygen atoms in total. The fraction of sp³-hybridized carbons (Fsp3) is 0.219. The van der Waals surface area contributed by atoms with E-state index in [0.29, 0.717) is 10.6 Å². The van der Waals surface area contributed by atoms with Gasteiger partial charge in [-0.2, -0.15) is 0 Å². The molecule has 3 aromatic heterocycles. The van der Waals surface area contributed by atoms with Crippen molar-refractivity contribution in [2.45, 2.75) is 31.8 Å². The SMILES string of the molecule is CN1C=CNC1c1cc2nccc(C3CC3)c2s1.CNc1ccc(C)c(F)c1.O=Cc1ncc(-c2ccccc2)s1. The maximum Gasteiger partial charge on any atom is 0.178 e. The molecule has 1 aliphatic heterocycles. The molecule has 1 fully saturated rings. The van der Waals surface area contributed by atoms with Crippen molar-refractivity contribution >= 4 is 44.9 Å². The van der Waals surface area contributed by atoms with Crippen molar-refractivity contribution in [2.75, 3.05) is 19.4 Å². The first kappa shape index (κ1) is 28.4. The number of hydrogen-bond donors (Lipinski definition) is 2. The highest BCUT2D eigenvalue weighted by atomic mass is 32.1. The van der Waals surface area contributed by atoms with Crippen LogP contribution in [-0.4, -0.2) is 35.2 Å². The first-order valence-corrected chi connectivity index (χ1v) is 15.0. The van der Waals surface area contributed by atoms with Crippen molar-refractivity contribution < 1.29 is 9.18 Å². The maximum atomic E-state index is 12.7. The first-order chi connectivity index (χ1) is 20.0. The summed E-state index contributed by atoms with van der Waals surface area (Å²) in [6, 6.07) is 19.4. The zero-order chi connectivity index (χ0) is 28.8. The molecule has 0 saturated heterocycles. The Labute approximate surface area is 247 Å². The van der Waals surface area contributed by atoms with E-state index in [9.17, 15) is 9.18 Å². The molecule has 41 heavy (non-hydrogen) atoms. The lowest BCUT2D eigenvalue weighted by atomic mass is 10.1. The largest absolute Gasteiger partial charge is 0.388 e. The number of benzene rings is 2. The predicted octanol–water partition coefficient (Wildman–Crippen LogP) is 7.98. The van der Waals surface area contributed by atoms with Gasteiger partial charge in [0.1, 0.15) is 12.0 Å². The van der Waals surface area contributed by atoms with Crippen LogP contribution in [0.5, 0.6) is 0 Å². The highest BCUT2D eigenvalue weighted by Crippen LogP contribution is 2.45. The Balaban J connectivity index is 0.000000130. The highest BCUT2D eigenvalue weighted by Gasteiger charge is 2.27. The van der Waals surface area contributed by atoms with Crippen molar-refractivity contribution in [1.82, 2.24) is 20.2 Å². The normalized spacial score (nSPS) is 15.4. The summed E-state index contributed by atoms with van der Waals surface area (Å²) in [6.45, 7) is 1.74. The molecule has 2 aliphatic rings. The van der Waals surface area contributed by atoms with Crippen LogP contribution in [0.3, 0.4) is 0 Å². The Hall–Kier alpha value is -4.08. The summed E-state index contributed by atoms with van der Waals surface area (Å²) in [7, 11) is 3.87. The molecule has 1 saturated carbocycles. The number of hydrogen-bond acceptors (Lipinski definition) is 8. The van der Waals surface area contributed by atoms with Crippen molar-refractivity contribution in [3.63, 3.8) is 0 Å². The van der Waals surface area contributed by atoms with E-state index in [0.717, 1.165) is 33.8 Å². The minimum Gasteiger partial charge on any atom is -0.388 e. The second-order valence-electron chi connectivity index (χ2n) is 9.85. The van der Waals surface area contributed by atoms with Gasteiger partial charge in [-0.1, -0.05) is 36.4 Å². The number of pyridine rings is 1. The van der Waals surface area contributed by atoms with Gasteiger partial charge in [-0.25, -0.2) is 9.37 Å². The van der Waals surface area contributed by atoms with E-state index in [1.54, 1.807) is 26.2 Å². The van der Waals surface area contributed by atoms with Gasteiger partial charge >= 0.3 is 0 Å². The number of aldehydes is 1. The molecule has 9 heteroatoms. The lowest BCUT2D eigenvalue weighted by Crippen LogP contribution is -2.22. The van der Waals surface area contributed by atoms with E-state index in [1.165, 1.54) is 45.4 Å². The lowest BCUT2D eigenvalue weighted by molar-refractivity contribution is 0.112. The summed E-state index contributed by atoms with van der Waals surface area (Å²) in [5.41, 5.74) is 5.25. The van der Waals surface area contributed by atoms with E-state index in [1.807, 2.05) is 60.1 Å². The Morgan fingerprint density at radius 2 is 1.88 bits per heavy atom. The molecule has 1 unspecified atom stereocenters. The number of anilines is 1. The second-order valence-corrected chi connectivity index (χ2v) is 12.0. The molecule has 0 radical (unpaired) electrons. The monoisotopic (exact) mass is 585 g/mol. The summed E-state index contributed by atoms with van der Waals surface area (Å²) >= 11 is 3.29. The quantitative estimate of drug-likeness (QED) is 0.204. The molecule has 0 spiro atoms. The number of fused-ring (bicyclic) bond motifs is 1. The number of nitrogens with zero attached hydrogens (tertiary/aromatic N) is 3. The first-order valence-electron chi connectivity index (χ1n) is 13.4. The second kappa shape index (κ2) is 13.1. The van der Waals surface area contributed by atoms with E-state index in [-0.39, 0.29) is 12.0 Å². The molecular weight excluding hydrogens is 554 g/mol. The third-order valence-electron chi connectivity index (χ3n) is 6.86. The van der Waals surface area contributed by atoms with E-state index in [4.69, 9.17) is 0 Å². The van der Waals surface area contributed by atoms with Gasteiger partial charge in [-0.3, -0.25) is 9.78 Å². The van der Waals surface area contributed by atoms with E-state index in [2.05, 4.69) is 50.9 Å². The number of aryl methyl sites for hydroxylation is 1. The number of carbonyl (C=O) groups excluding carboxylic acids is 1. The maximum absolute atomic E-state index is 12.7. The molecule has 7 rings (SSSR count). The average molecular weight is 586 g/mol. The molecule has 210 valence electrons. The lowest BCUT2D eigenvalue weighted by Gasteiger charge is -2.19. The Morgan fingerprint density at radius 3 is 2.51 bits per heavy atom. The van der Waals surface area contributed by atoms with Crippen LogP contribution in [0.2, 0.25) is 0 Å². The zero-order valence-electron chi connectivity index (χ0n) is 23.2. The van der Waals surface area contributed by atoms with Crippen LogP contribution in [0.15, 0.2) is 85.5 Å². The van der Waals surface area contributed by atoms with Crippen molar-refractivity contribution in [3.8, 4) is 10.4 Å². The van der Waals surface area contributed by atoms with Gasteiger partial charge < -0.3 is 15.5 Å². The van der Waals surface area contributed by atoms with Gasteiger partial charge in [-0.05, 0) is 66.6 Å². The van der Waals surface area contributed by atoms with Crippen molar-refractivity contribution in [2.24, 2.45) is 0 Å². The van der Waals surface area contributed by atoms with Crippen molar-refractivity contribution in [1.29, 1.82) is 0 Å². The fourth-order valence-electron chi connectivity index (χ4n) is 4.39. The van der Waals surface area contributed by atoms with Gasteiger partial charge in [-0.15, -0.1) is 22.7 Å². The number of aromatic nitrogens is 2. The molecular formula is C32H32FN5OS2. The van der Waals surface area contributed by atoms with Crippen LogP contribution in [0.4, 0.5) is 10.1 Å². The third kappa shape index (κ3) is 6.99. The smallest absolute Gasteiger partial charge is 0.178 e. The topological polar surface area (TPSA) is 70.2 Å². The van der Waals surface area contributed by atoms with Gasteiger partial charge in [0.2, 0.25) is 0 Å². The number of thiophene rings is 1. The Morgan fingerprint density at radius 1 is 1.07 bits per heavy atom. The molecule has 2 N–H and O–H groups in total. The van der Waals surface area contributed by atoms with Gasteiger partial charge in [0, 0.05) is 49.5 Å². The molecule has 0 bridgehead atoms. The number of rotatable bonds is 5. The van der Waals surface area contributed by atoms with Gasteiger partial charge in [0.25, 0.3) is 0 Å². The summed E-state index contributed by atoms with van der Waals surface area (Å²) in [6.07, 6.45) is 11.5. The minimum atomic E-state index is -0.160. The zero-order valence-corrected chi connectivity index (χ0v) is 24.8. The molecule has 0 amide bonds. The van der Waals surface area contributed by atoms with Crippen LogP contribution in [0.1, 0.15) is 50.7 Å². The molecule has 5 aromatic rings. The molecule has 2 aromatic carbocycles. The Kier molecular flexibility index (Phi) is 9.06. The Bertz CT molecular complexity index is 1640. The van der Waals surface area contributed by atoms with E-state index < -0.39 is 0 Å². The molecule has 4 heterocycles. The number of thiazole rings is 1. The highest BCUT2D eigenvalue weighted by molar-refractivity contribution is 7.19. The number of nitrogens with one attached hydrogen (secondary N) is 2. The van der Waals surface area contributed by atoms with Crippen molar-refractivity contribution in [3.05, 3.63) is 112 Å². The number of carbonyl (C=O) groups is 1. The van der Waals surface area contributed by atoms with E-state index >= 15 is 0 Å². The summed E-state index contributed by atoms with van der Waals surface area (Å²) in [5, 5.41) is 6.76. The van der Waals surface area contributed by atoms with Crippen LogP contribution >= 0.6 is 22.7 Å². The standard InChI is InChI=1S/C14H15N3S.C10H7NOS.C8H10FN/c1-17-7-6-16-14(17)12-8-11-13(18-12)10(4-5-15-11)9-2-3-9;12-7-10-11-6-9(13-10)8-4-2-1-3-5-8;1-6-3-4-7(10-2)5-8(6)9/h4-9,14,16H,2-3H2,1H3;1-7H;3-5,10H,1-2H3. The minimum absolute atomic E-state index is 0.160. The fourth-order valence-corrected chi connectivity index (χ4v) is 6.45. The number of halogens is 1. The summed E-state index contributed by atoms with van der Waals surface area (Å²) < 4.78 is 14.1. The predicted molar refractivity (Wildman–Crippen MR) is 168 cm³/mol. The van der Waals surface area contributed by atoms with Gasteiger partial charge in [0.05, 0.1) is 15.1 Å². The van der Waals surface area contributed by atoms with Crippen LogP contribution < -0.4 is 10.6 Å².